The summed E-state index contributed by atoms with van der Waals surface area (Å²) in [5, 5.41) is 0. The molecule has 2 aliphatic rings. The quantitative estimate of drug-likeness (QED) is 0.514. The lowest BCUT2D eigenvalue weighted by Crippen LogP contribution is -2.36. The molecule has 0 unspecified atom stereocenters. The van der Waals surface area contributed by atoms with Gasteiger partial charge in [-0.1, -0.05) is 54.4 Å². The Labute approximate surface area is 172 Å². The van der Waals surface area contributed by atoms with Gasteiger partial charge in [-0.25, -0.2) is 0 Å². The monoisotopic (exact) mass is 394 g/mol. The molecule has 2 fully saturated rings. The third kappa shape index (κ3) is 6.77. The maximum atomic E-state index is 12.4. The van der Waals surface area contributed by atoms with Crippen LogP contribution in [-0.4, -0.2) is 24.1 Å². The topological polar surface area (TPSA) is 52.6 Å². The Balaban J connectivity index is 1.80. The van der Waals surface area contributed by atoms with Gasteiger partial charge in [0.1, 0.15) is 12.2 Å². The van der Waals surface area contributed by atoms with Gasteiger partial charge in [-0.05, 0) is 61.2 Å². The van der Waals surface area contributed by atoms with Gasteiger partial charge < -0.3 is 9.47 Å². The van der Waals surface area contributed by atoms with Crippen molar-refractivity contribution >= 4 is 11.9 Å². The molecule has 0 bridgehead atoms. The Hall–Kier alpha value is -1.06. The predicted molar refractivity (Wildman–Crippen MR) is 112 cm³/mol. The number of rotatable bonds is 7. The molecule has 0 aromatic heterocycles. The molecule has 0 aromatic rings. The molecule has 2 saturated carbocycles. The van der Waals surface area contributed by atoms with Crippen LogP contribution in [0, 0.1) is 35.5 Å². The van der Waals surface area contributed by atoms with E-state index in [0.29, 0.717) is 35.5 Å². The molecule has 0 radical (unpaired) electrons. The van der Waals surface area contributed by atoms with Crippen LogP contribution in [0.5, 0.6) is 0 Å². The van der Waals surface area contributed by atoms with Crippen molar-refractivity contribution in [2.24, 2.45) is 35.5 Å². The van der Waals surface area contributed by atoms with Crippen molar-refractivity contribution < 1.29 is 19.1 Å². The highest BCUT2D eigenvalue weighted by molar-refractivity contribution is 5.77. The van der Waals surface area contributed by atoms with E-state index in [9.17, 15) is 9.59 Å². The Morgan fingerprint density at radius 2 is 1.07 bits per heavy atom. The summed E-state index contributed by atoms with van der Waals surface area (Å²) >= 11 is 0. The third-order valence-corrected chi connectivity index (χ3v) is 7.02. The summed E-state index contributed by atoms with van der Waals surface area (Å²) < 4.78 is 11.6. The van der Waals surface area contributed by atoms with Crippen molar-refractivity contribution in [3.05, 3.63) is 0 Å². The molecule has 162 valence electrons. The lowest BCUT2D eigenvalue weighted by Gasteiger charge is -2.37. The molecular formula is C24H42O4. The number of hydrogen-bond acceptors (Lipinski definition) is 4. The predicted octanol–water partition coefficient (Wildman–Crippen LogP) is 5.77. The second kappa shape index (κ2) is 10.6. The largest absolute Gasteiger partial charge is 0.462 e. The number of hydrogen-bond donors (Lipinski definition) is 0. The fourth-order valence-corrected chi connectivity index (χ4v) is 5.16. The van der Waals surface area contributed by atoms with E-state index in [2.05, 4.69) is 41.5 Å². The van der Waals surface area contributed by atoms with Crippen molar-refractivity contribution in [1.82, 2.24) is 0 Å². The summed E-state index contributed by atoms with van der Waals surface area (Å²) in [7, 11) is 0. The number of ether oxygens (including phenoxy) is 2. The zero-order chi connectivity index (χ0) is 20.8. The van der Waals surface area contributed by atoms with Gasteiger partial charge in [0.05, 0.1) is 12.8 Å². The Kier molecular flexibility index (Phi) is 8.82. The molecule has 0 heterocycles. The van der Waals surface area contributed by atoms with Crippen LogP contribution in [0.15, 0.2) is 0 Å². The maximum Gasteiger partial charge on any atom is 0.306 e. The smallest absolute Gasteiger partial charge is 0.306 e. The molecule has 4 heteroatoms. The molecule has 2 aliphatic carbocycles. The van der Waals surface area contributed by atoms with Crippen LogP contribution in [0.1, 0.15) is 92.9 Å². The van der Waals surface area contributed by atoms with Crippen molar-refractivity contribution in [3.8, 4) is 0 Å². The first-order chi connectivity index (χ1) is 13.2. The average Bonchev–Trinajstić information content (AvgIpc) is 2.59. The van der Waals surface area contributed by atoms with Crippen molar-refractivity contribution in [1.29, 1.82) is 0 Å². The zero-order valence-corrected chi connectivity index (χ0v) is 18.9. The summed E-state index contributed by atoms with van der Waals surface area (Å²) in [4.78, 5) is 24.8. The minimum Gasteiger partial charge on any atom is -0.462 e. The normalized spacial score (nSPS) is 33.7. The third-order valence-electron chi connectivity index (χ3n) is 7.02. The summed E-state index contributed by atoms with van der Waals surface area (Å²) in [6.07, 6.45) is 6.79. The van der Waals surface area contributed by atoms with Gasteiger partial charge in [0.15, 0.2) is 0 Å². The lowest BCUT2D eigenvalue weighted by molar-refractivity contribution is -0.163. The lowest BCUT2D eigenvalue weighted by atomic mass is 9.75. The molecule has 0 aromatic carbocycles. The van der Waals surface area contributed by atoms with Crippen molar-refractivity contribution in [3.63, 3.8) is 0 Å². The highest BCUT2D eigenvalue weighted by Crippen LogP contribution is 2.36. The van der Waals surface area contributed by atoms with E-state index in [-0.39, 0.29) is 37.0 Å². The molecule has 4 nitrogen and oxygen atoms in total. The summed E-state index contributed by atoms with van der Waals surface area (Å²) in [5.41, 5.74) is 0. The molecular weight excluding hydrogens is 352 g/mol. The SMILES string of the molecule is CC(C)[C@@H]1CC[C@H](C)C[C@@H]1OC(=O)CCC(=O)O[C@H]1C[C@@H](C)CC[C@H]1C(C)C. The first-order valence-electron chi connectivity index (χ1n) is 11.6. The number of carbonyl (C=O) groups is 2. The minimum absolute atomic E-state index is 0.00298. The average molecular weight is 395 g/mol. The highest BCUT2D eigenvalue weighted by Gasteiger charge is 2.35. The molecule has 0 aliphatic heterocycles. The molecule has 0 saturated heterocycles. The van der Waals surface area contributed by atoms with E-state index in [1.807, 2.05) is 0 Å². The van der Waals surface area contributed by atoms with Crippen LogP contribution >= 0.6 is 0 Å². The fraction of sp³-hybridized carbons (Fsp3) is 0.917. The first kappa shape index (κ1) is 23.2. The molecule has 6 atom stereocenters. The summed E-state index contributed by atoms with van der Waals surface area (Å²) in [5.74, 6) is 2.58. The minimum atomic E-state index is -0.251. The molecule has 28 heavy (non-hydrogen) atoms. The maximum absolute atomic E-state index is 12.4. The van der Waals surface area contributed by atoms with Gasteiger partial charge in [-0.3, -0.25) is 9.59 Å². The summed E-state index contributed by atoms with van der Waals surface area (Å²) in [6, 6.07) is 0. The van der Waals surface area contributed by atoms with E-state index in [4.69, 9.17) is 9.47 Å². The van der Waals surface area contributed by atoms with Crippen LogP contribution in [-0.2, 0) is 19.1 Å². The molecule has 2 rings (SSSR count). The number of esters is 2. The van der Waals surface area contributed by atoms with Crippen LogP contribution in [0.3, 0.4) is 0 Å². The van der Waals surface area contributed by atoms with Gasteiger partial charge >= 0.3 is 11.9 Å². The van der Waals surface area contributed by atoms with Crippen LogP contribution in [0.4, 0.5) is 0 Å². The second-order valence-electron chi connectivity index (χ2n) is 10.2. The van der Waals surface area contributed by atoms with Gasteiger partial charge in [0.2, 0.25) is 0 Å². The van der Waals surface area contributed by atoms with E-state index in [1.165, 1.54) is 12.8 Å². The van der Waals surface area contributed by atoms with Gasteiger partial charge in [-0.2, -0.15) is 0 Å². The molecule has 0 amide bonds. The van der Waals surface area contributed by atoms with E-state index >= 15 is 0 Å². The fourth-order valence-electron chi connectivity index (χ4n) is 5.16. The Bertz CT molecular complexity index is 467. The zero-order valence-electron chi connectivity index (χ0n) is 18.9. The van der Waals surface area contributed by atoms with Gasteiger partial charge in [-0.15, -0.1) is 0 Å². The highest BCUT2D eigenvalue weighted by atomic mass is 16.6. The van der Waals surface area contributed by atoms with Crippen LogP contribution in [0.25, 0.3) is 0 Å². The standard InChI is InChI=1S/C24H42O4/c1-15(2)19-9-7-17(5)13-21(19)27-23(25)11-12-24(26)28-22-14-18(6)8-10-20(22)16(3)4/h15-22H,7-14H2,1-6H3/t17-,18-,19-,20-,21-,22-/m0/s1. The van der Waals surface area contributed by atoms with Crippen molar-refractivity contribution in [2.75, 3.05) is 0 Å². The van der Waals surface area contributed by atoms with E-state index in [1.54, 1.807) is 0 Å². The van der Waals surface area contributed by atoms with Crippen LogP contribution < -0.4 is 0 Å². The Morgan fingerprint density at radius 3 is 1.39 bits per heavy atom. The summed E-state index contributed by atoms with van der Waals surface area (Å²) in [6.45, 7) is 13.3. The first-order valence-corrected chi connectivity index (χ1v) is 11.6. The van der Waals surface area contributed by atoms with E-state index in [0.717, 1.165) is 25.7 Å². The molecule has 0 N–H and O–H groups in total. The Morgan fingerprint density at radius 1 is 0.714 bits per heavy atom. The molecule has 0 spiro atoms. The number of carbonyl (C=O) groups excluding carboxylic acids is 2. The van der Waals surface area contributed by atoms with Gasteiger partial charge in [0, 0.05) is 0 Å². The van der Waals surface area contributed by atoms with Gasteiger partial charge in [0.25, 0.3) is 0 Å². The van der Waals surface area contributed by atoms with E-state index < -0.39 is 0 Å². The van der Waals surface area contributed by atoms with Crippen LogP contribution in [0.2, 0.25) is 0 Å². The van der Waals surface area contributed by atoms with Crippen molar-refractivity contribution in [2.45, 2.75) is 105 Å². The second-order valence-corrected chi connectivity index (χ2v) is 10.2.